The van der Waals surface area contributed by atoms with Crippen LogP contribution in [0, 0.1) is 12.3 Å². The molecule has 1 atom stereocenters. The first-order valence-electron chi connectivity index (χ1n) is 10.4. The van der Waals surface area contributed by atoms with Gasteiger partial charge >= 0.3 is 5.97 Å². The standard InChI is InChI=1S/C22H29N3O4S/c1-4-18-23-24-21(29-18)30-14-19(26)25-12-8-11-22(15-25,20(27)28-5-2)13-17-10-7-6-9-16(17)3/h6-7,9-10H,4-5,8,11-15H2,1-3H3/t22-/m1/s1. The molecule has 0 N–H and O–H groups in total. The fourth-order valence-corrected chi connectivity index (χ4v) is 4.52. The number of hydrogen-bond donors (Lipinski definition) is 0. The van der Waals surface area contributed by atoms with E-state index in [0.717, 1.165) is 17.5 Å². The van der Waals surface area contributed by atoms with Gasteiger partial charge in [-0.05, 0) is 44.2 Å². The van der Waals surface area contributed by atoms with Crippen molar-refractivity contribution in [3.8, 4) is 0 Å². The Balaban J connectivity index is 1.73. The Labute approximate surface area is 181 Å². The molecule has 2 aromatic rings. The number of benzene rings is 1. The second kappa shape index (κ2) is 10.1. The predicted molar refractivity (Wildman–Crippen MR) is 114 cm³/mol. The molecule has 0 spiro atoms. The summed E-state index contributed by atoms with van der Waals surface area (Å²) in [5.74, 6) is 0.508. The number of rotatable bonds is 8. The van der Waals surface area contributed by atoms with Crippen LogP contribution in [0.1, 0.15) is 43.7 Å². The number of ether oxygens (including phenoxy) is 1. The number of carbonyl (C=O) groups excluding carboxylic acids is 2. The van der Waals surface area contributed by atoms with Crippen LogP contribution in [0.5, 0.6) is 0 Å². The summed E-state index contributed by atoms with van der Waals surface area (Å²) in [7, 11) is 0. The third-order valence-electron chi connectivity index (χ3n) is 5.50. The smallest absolute Gasteiger partial charge is 0.314 e. The van der Waals surface area contributed by atoms with Crippen LogP contribution in [-0.4, -0.2) is 52.4 Å². The van der Waals surface area contributed by atoms with Crippen molar-refractivity contribution < 1.29 is 18.7 Å². The van der Waals surface area contributed by atoms with Crippen LogP contribution in [0.4, 0.5) is 0 Å². The highest BCUT2D eigenvalue weighted by Gasteiger charge is 2.45. The molecule has 1 aliphatic rings. The zero-order valence-corrected chi connectivity index (χ0v) is 18.7. The average Bonchev–Trinajstić information content (AvgIpc) is 3.22. The molecule has 162 valence electrons. The summed E-state index contributed by atoms with van der Waals surface area (Å²) in [4.78, 5) is 27.7. The highest BCUT2D eigenvalue weighted by molar-refractivity contribution is 7.99. The second-order valence-corrected chi connectivity index (χ2v) is 8.55. The topological polar surface area (TPSA) is 85.5 Å². The molecule has 0 unspecified atom stereocenters. The van der Waals surface area contributed by atoms with Gasteiger partial charge in [0, 0.05) is 19.5 Å². The summed E-state index contributed by atoms with van der Waals surface area (Å²) in [5.41, 5.74) is 1.54. The first kappa shape index (κ1) is 22.3. The van der Waals surface area contributed by atoms with E-state index in [-0.39, 0.29) is 17.6 Å². The van der Waals surface area contributed by atoms with Gasteiger partial charge in [-0.3, -0.25) is 9.59 Å². The van der Waals surface area contributed by atoms with Gasteiger partial charge in [0.05, 0.1) is 17.8 Å². The normalized spacial score (nSPS) is 19.0. The number of amides is 1. The van der Waals surface area contributed by atoms with E-state index >= 15 is 0 Å². The number of hydrogen-bond acceptors (Lipinski definition) is 7. The number of likely N-dealkylation sites (tertiary alicyclic amines) is 1. The van der Waals surface area contributed by atoms with E-state index in [1.54, 1.807) is 4.90 Å². The minimum absolute atomic E-state index is 0.0330. The van der Waals surface area contributed by atoms with Crippen molar-refractivity contribution in [3.05, 3.63) is 41.3 Å². The van der Waals surface area contributed by atoms with Crippen molar-refractivity contribution in [2.24, 2.45) is 5.41 Å². The quantitative estimate of drug-likeness (QED) is 0.467. The number of piperidine rings is 1. The fraction of sp³-hybridized carbons (Fsp3) is 0.545. The van der Waals surface area contributed by atoms with Crippen LogP contribution in [-0.2, 0) is 27.2 Å². The minimum Gasteiger partial charge on any atom is -0.466 e. The average molecular weight is 432 g/mol. The number of carbonyl (C=O) groups is 2. The first-order chi connectivity index (χ1) is 14.5. The number of esters is 1. The molecule has 8 heteroatoms. The summed E-state index contributed by atoms with van der Waals surface area (Å²) >= 11 is 1.24. The largest absolute Gasteiger partial charge is 0.466 e. The molecule has 2 heterocycles. The Morgan fingerprint density at radius 2 is 2.07 bits per heavy atom. The molecular formula is C22H29N3O4S. The van der Waals surface area contributed by atoms with Crippen LogP contribution in [0.2, 0.25) is 0 Å². The van der Waals surface area contributed by atoms with Crippen LogP contribution in [0.15, 0.2) is 33.9 Å². The molecule has 30 heavy (non-hydrogen) atoms. The van der Waals surface area contributed by atoms with Gasteiger partial charge in [0.2, 0.25) is 11.8 Å². The number of thioether (sulfide) groups is 1. The maximum Gasteiger partial charge on any atom is 0.314 e. The zero-order valence-electron chi connectivity index (χ0n) is 17.8. The fourth-order valence-electron chi connectivity index (χ4n) is 3.84. The van der Waals surface area contributed by atoms with Gasteiger partial charge in [-0.25, -0.2) is 0 Å². The van der Waals surface area contributed by atoms with Crippen LogP contribution >= 0.6 is 11.8 Å². The SMILES string of the molecule is CCOC(=O)[C@@]1(Cc2ccccc2C)CCCN(C(=O)CSc2nnc(CC)o2)C1. The van der Waals surface area contributed by atoms with Crippen LogP contribution < -0.4 is 0 Å². The Hall–Kier alpha value is -2.35. The Bertz CT molecular complexity index is 885. The lowest BCUT2D eigenvalue weighted by Gasteiger charge is -2.41. The molecular weight excluding hydrogens is 402 g/mol. The highest BCUT2D eigenvalue weighted by atomic mass is 32.2. The first-order valence-corrected chi connectivity index (χ1v) is 11.4. The molecule has 1 aromatic heterocycles. The molecule has 0 radical (unpaired) electrons. The minimum atomic E-state index is -0.722. The third kappa shape index (κ3) is 5.22. The summed E-state index contributed by atoms with van der Waals surface area (Å²) in [6.07, 6.45) is 2.70. The summed E-state index contributed by atoms with van der Waals surface area (Å²) < 4.78 is 10.9. The number of aryl methyl sites for hydroxylation is 2. The van der Waals surface area contributed by atoms with E-state index in [0.29, 0.717) is 50.1 Å². The van der Waals surface area contributed by atoms with Crippen molar-refractivity contribution in [3.63, 3.8) is 0 Å². The van der Waals surface area contributed by atoms with Gasteiger partial charge in [-0.15, -0.1) is 10.2 Å². The molecule has 1 saturated heterocycles. The second-order valence-electron chi connectivity index (χ2n) is 7.63. The predicted octanol–water partition coefficient (Wildman–Crippen LogP) is 3.45. The number of nitrogens with zero attached hydrogens (tertiary/aromatic N) is 3. The number of aromatic nitrogens is 2. The van der Waals surface area contributed by atoms with Gasteiger partial charge in [-0.2, -0.15) is 0 Å². The van der Waals surface area contributed by atoms with Gasteiger partial charge in [-0.1, -0.05) is 43.0 Å². The molecule has 1 aliphatic heterocycles. The van der Waals surface area contributed by atoms with Crippen molar-refractivity contribution in [2.75, 3.05) is 25.4 Å². The molecule has 1 amide bonds. The maximum absolute atomic E-state index is 13.0. The van der Waals surface area contributed by atoms with Crippen molar-refractivity contribution >= 4 is 23.6 Å². The van der Waals surface area contributed by atoms with Gasteiger partial charge < -0.3 is 14.1 Å². The molecule has 3 rings (SSSR count). The summed E-state index contributed by atoms with van der Waals surface area (Å²) in [5, 5.41) is 8.27. The molecule has 0 saturated carbocycles. The van der Waals surface area contributed by atoms with E-state index < -0.39 is 5.41 Å². The lowest BCUT2D eigenvalue weighted by atomic mass is 9.74. The molecule has 1 fully saturated rings. The lowest BCUT2D eigenvalue weighted by Crippen LogP contribution is -2.52. The maximum atomic E-state index is 13.0. The molecule has 1 aromatic carbocycles. The zero-order chi connectivity index (χ0) is 21.6. The van der Waals surface area contributed by atoms with E-state index in [1.165, 1.54) is 11.8 Å². The van der Waals surface area contributed by atoms with Crippen LogP contribution in [0.3, 0.4) is 0 Å². The molecule has 7 nitrogen and oxygen atoms in total. The van der Waals surface area contributed by atoms with Crippen LogP contribution in [0.25, 0.3) is 0 Å². The summed E-state index contributed by atoms with van der Waals surface area (Å²) in [6, 6.07) is 8.07. The Morgan fingerprint density at radius 1 is 1.27 bits per heavy atom. The monoisotopic (exact) mass is 431 g/mol. The Kier molecular flexibility index (Phi) is 7.53. The van der Waals surface area contributed by atoms with Crippen molar-refractivity contribution in [1.29, 1.82) is 0 Å². The van der Waals surface area contributed by atoms with E-state index in [2.05, 4.69) is 10.2 Å². The Morgan fingerprint density at radius 3 is 2.77 bits per heavy atom. The molecule has 0 aliphatic carbocycles. The lowest BCUT2D eigenvalue weighted by molar-refractivity contribution is -0.160. The van der Waals surface area contributed by atoms with Crippen molar-refractivity contribution in [1.82, 2.24) is 15.1 Å². The summed E-state index contributed by atoms with van der Waals surface area (Å²) in [6.45, 7) is 7.13. The van der Waals surface area contributed by atoms with E-state index in [1.807, 2.05) is 45.0 Å². The highest BCUT2D eigenvalue weighted by Crippen LogP contribution is 2.36. The molecule has 0 bridgehead atoms. The van der Waals surface area contributed by atoms with E-state index in [4.69, 9.17) is 9.15 Å². The van der Waals surface area contributed by atoms with Gasteiger partial charge in [0.1, 0.15) is 0 Å². The van der Waals surface area contributed by atoms with Gasteiger partial charge in [0.25, 0.3) is 5.22 Å². The third-order valence-corrected chi connectivity index (χ3v) is 6.30. The van der Waals surface area contributed by atoms with E-state index in [9.17, 15) is 9.59 Å². The van der Waals surface area contributed by atoms with Gasteiger partial charge in [0.15, 0.2) is 0 Å². The van der Waals surface area contributed by atoms with Crippen molar-refractivity contribution in [2.45, 2.75) is 51.7 Å².